The third kappa shape index (κ3) is 1.67. The van der Waals surface area contributed by atoms with E-state index in [0.29, 0.717) is 13.0 Å². The Morgan fingerprint density at radius 2 is 1.95 bits per heavy atom. The first-order chi connectivity index (χ1) is 9.77. The fourth-order valence-electron chi connectivity index (χ4n) is 4.89. The van der Waals surface area contributed by atoms with Crippen LogP contribution in [0.2, 0.25) is 0 Å². The van der Waals surface area contributed by atoms with Gasteiger partial charge in [-0.25, -0.2) is 0 Å². The lowest BCUT2D eigenvalue weighted by atomic mass is 9.64. The van der Waals surface area contributed by atoms with Crippen molar-refractivity contribution in [2.24, 2.45) is 11.3 Å². The van der Waals surface area contributed by atoms with Gasteiger partial charge < -0.3 is 19.3 Å². The van der Waals surface area contributed by atoms with Crippen molar-refractivity contribution >= 4 is 0 Å². The van der Waals surface area contributed by atoms with Crippen LogP contribution >= 0.6 is 0 Å². The quantitative estimate of drug-likeness (QED) is 0.746. The molecule has 5 atom stereocenters. The third-order valence-electron chi connectivity index (χ3n) is 6.29. The lowest BCUT2D eigenvalue weighted by Crippen LogP contribution is -2.57. The predicted molar refractivity (Wildman–Crippen MR) is 77.5 cm³/mol. The van der Waals surface area contributed by atoms with Crippen LogP contribution in [0.5, 0.6) is 0 Å². The van der Waals surface area contributed by atoms with Gasteiger partial charge in [0.15, 0.2) is 5.79 Å². The Morgan fingerprint density at radius 1 is 1.19 bits per heavy atom. The zero-order valence-corrected chi connectivity index (χ0v) is 13.4. The molecule has 2 bridgehead atoms. The third-order valence-corrected chi connectivity index (χ3v) is 6.29. The van der Waals surface area contributed by atoms with E-state index in [0.717, 1.165) is 25.0 Å². The Morgan fingerprint density at radius 3 is 2.62 bits per heavy atom. The van der Waals surface area contributed by atoms with Gasteiger partial charge in [0.2, 0.25) is 0 Å². The van der Waals surface area contributed by atoms with Gasteiger partial charge in [-0.3, -0.25) is 0 Å². The second-order valence-corrected chi connectivity index (χ2v) is 8.01. The molecule has 0 unspecified atom stereocenters. The van der Waals surface area contributed by atoms with E-state index in [2.05, 4.69) is 13.8 Å². The summed E-state index contributed by atoms with van der Waals surface area (Å²) in [5, 5.41) is 10.3. The van der Waals surface area contributed by atoms with Gasteiger partial charge in [-0.2, -0.15) is 0 Å². The molecule has 1 N–H and O–H groups in total. The molecule has 2 aliphatic carbocycles. The number of hydrogen-bond donors (Lipinski definition) is 1. The molecule has 118 valence electrons. The number of aliphatic hydroxyl groups is 1. The summed E-state index contributed by atoms with van der Waals surface area (Å²) in [6.07, 6.45) is 3.44. The van der Waals surface area contributed by atoms with E-state index in [1.165, 1.54) is 5.57 Å². The second-order valence-electron chi connectivity index (χ2n) is 8.01. The molecule has 0 aromatic rings. The zero-order valence-electron chi connectivity index (χ0n) is 13.4. The molecular formula is C17H26O4. The number of aliphatic hydroxyl groups excluding tert-OH is 1. The monoisotopic (exact) mass is 294 g/mol. The Balaban J connectivity index is 1.79. The molecule has 4 heteroatoms. The number of allylic oxidation sites excluding steroid dienone is 1. The molecule has 21 heavy (non-hydrogen) atoms. The van der Waals surface area contributed by atoms with Crippen LogP contribution in [0.1, 0.15) is 53.4 Å². The van der Waals surface area contributed by atoms with E-state index in [1.807, 2.05) is 13.8 Å². The summed E-state index contributed by atoms with van der Waals surface area (Å²) in [4.78, 5) is 0. The number of rotatable bonds is 0. The van der Waals surface area contributed by atoms with Crippen molar-refractivity contribution in [1.82, 2.24) is 0 Å². The van der Waals surface area contributed by atoms with Crippen LogP contribution in [0, 0.1) is 11.3 Å². The van der Waals surface area contributed by atoms with Gasteiger partial charge in [0.1, 0.15) is 11.7 Å². The van der Waals surface area contributed by atoms with Crippen molar-refractivity contribution in [3.8, 4) is 0 Å². The van der Waals surface area contributed by atoms with E-state index in [-0.39, 0.29) is 29.1 Å². The van der Waals surface area contributed by atoms with Crippen molar-refractivity contribution in [1.29, 1.82) is 0 Å². The van der Waals surface area contributed by atoms with Crippen molar-refractivity contribution in [2.75, 3.05) is 6.61 Å². The molecule has 4 aliphatic rings. The smallest absolute Gasteiger partial charge is 0.163 e. The van der Waals surface area contributed by atoms with Crippen LogP contribution < -0.4 is 0 Å². The Labute approximate surface area is 126 Å². The molecule has 2 heterocycles. The van der Waals surface area contributed by atoms with Crippen LogP contribution in [0.4, 0.5) is 0 Å². The minimum absolute atomic E-state index is 0.0693. The molecule has 2 fully saturated rings. The molecule has 1 spiro atoms. The van der Waals surface area contributed by atoms with Gasteiger partial charge in [-0.1, -0.05) is 13.8 Å². The average Bonchev–Trinajstić information content (AvgIpc) is 2.80. The average molecular weight is 294 g/mol. The molecule has 4 nitrogen and oxygen atoms in total. The van der Waals surface area contributed by atoms with E-state index >= 15 is 0 Å². The molecule has 1 saturated carbocycles. The fourth-order valence-corrected chi connectivity index (χ4v) is 4.89. The molecule has 2 aliphatic heterocycles. The summed E-state index contributed by atoms with van der Waals surface area (Å²) in [7, 11) is 0. The van der Waals surface area contributed by atoms with Crippen LogP contribution in [0.15, 0.2) is 11.3 Å². The summed E-state index contributed by atoms with van der Waals surface area (Å²) in [6.45, 7) is 8.94. The maximum atomic E-state index is 10.3. The predicted octanol–water partition coefficient (Wildman–Crippen LogP) is 2.75. The highest BCUT2D eigenvalue weighted by atomic mass is 16.8. The summed E-state index contributed by atoms with van der Waals surface area (Å²) in [6, 6.07) is 0. The van der Waals surface area contributed by atoms with E-state index in [9.17, 15) is 5.11 Å². The summed E-state index contributed by atoms with van der Waals surface area (Å²) < 4.78 is 18.7. The van der Waals surface area contributed by atoms with Crippen LogP contribution in [-0.2, 0) is 14.2 Å². The van der Waals surface area contributed by atoms with Gasteiger partial charge in [0, 0.05) is 11.8 Å². The minimum atomic E-state index is -0.550. The topological polar surface area (TPSA) is 47.9 Å². The van der Waals surface area contributed by atoms with Crippen molar-refractivity contribution in [3.63, 3.8) is 0 Å². The molecule has 1 saturated heterocycles. The normalized spacial score (nSPS) is 51.2. The van der Waals surface area contributed by atoms with Gasteiger partial charge in [-0.15, -0.1) is 0 Å². The largest absolute Gasteiger partial charge is 0.492 e. The van der Waals surface area contributed by atoms with E-state index < -0.39 is 5.79 Å². The second kappa shape index (κ2) is 4.03. The molecule has 0 radical (unpaired) electrons. The van der Waals surface area contributed by atoms with Gasteiger partial charge in [0.05, 0.1) is 18.5 Å². The Bertz CT molecular complexity index is 511. The number of hydrogen-bond acceptors (Lipinski definition) is 4. The molecule has 0 aromatic carbocycles. The SMILES string of the molecule is C[C@H]1CC2=C(C[C@@H]1O)[C@@]1(C)CC[C@@H](O2)[C@@]12COC(C)(C)O2. The first-order valence-electron chi connectivity index (χ1n) is 8.19. The minimum Gasteiger partial charge on any atom is -0.492 e. The molecule has 0 aromatic heterocycles. The van der Waals surface area contributed by atoms with Crippen LogP contribution in [-0.4, -0.2) is 35.3 Å². The molecule has 4 rings (SSSR count). The van der Waals surface area contributed by atoms with E-state index in [1.54, 1.807) is 0 Å². The van der Waals surface area contributed by atoms with Gasteiger partial charge in [-0.05, 0) is 44.6 Å². The maximum Gasteiger partial charge on any atom is 0.163 e. The van der Waals surface area contributed by atoms with Crippen molar-refractivity contribution < 1.29 is 19.3 Å². The first-order valence-corrected chi connectivity index (χ1v) is 8.19. The molecular weight excluding hydrogens is 268 g/mol. The standard InChI is InChI=1S/C17H26O4/c1-10-7-13-11(8-12(10)18)16(4)6-5-14(20-13)17(16)9-19-15(2,3)21-17/h10,12,14,18H,5-9H2,1-4H3/t10-,12-,14+,16+,17-/m0/s1. The fraction of sp³-hybridized carbons (Fsp3) is 0.882. The lowest BCUT2D eigenvalue weighted by molar-refractivity contribution is -0.211. The maximum absolute atomic E-state index is 10.3. The highest BCUT2D eigenvalue weighted by Gasteiger charge is 2.69. The summed E-state index contributed by atoms with van der Waals surface area (Å²) in [5.74, 6) is 0.848. The summed E-state index contributed by atoms with van der Waals surface area (Å²) in [5.41, 5.74) is 0.832. The van der Waals surface area contributed by atoms with Crippen LogP contribution in [0.3, 0.4) is 0 Å². The van der Waals surface area contributed by atoms with Gasteiger partial charge >= 0.3 is 0 Å². The number of ether oxygens (including phenoxy) is 3. The van der Waals surface area contributed by atoms with Crippen molar-refractivity contribution in [2.45, 2.75) is 77.0 Å². The highest BCUT2D eigenvalue weighted by Crippen LogP contribution is 2.63. The zero-order chi connectivity index (χ0) is 15.0. The lowest BCUT2D eigenvalue weighted by Gasteiger charge is -2.51. The van der Waals surface area contributed by atoms with Crippen LogP contribution in [0.25, 0.3) is 0 Å². The summed E-state index contributed by atoms with van der Waals surface area (Å²) >= 11 is 0. The van der Waals surface area contributed by atoms with Gasteiger partial charge in [0.25, 0.3) is 0 Å². The first kappa shape index (κ1) is 14.0. The Kier molecular flexibility index (Phi) is 2.70. The van der Waals surface area contributed by atoms with E-state index in [4.69, 9.17) is 14.2 Å². The Hall–Kier alpha value is -0.580. The number of fused-ring (bicyclic) bond motifs is 1. The highest BCUT2D eigenvalue weighted by molar-refractivity contribution is 5.35. The molecule has 0 amide bonds. The van der Waals surface area contributed by atoms with Crippen molar-refractivity contribution in [3.05, 3.63) is 11.3 Å².